The largest absolute Gasteiger partial charge is 0.492 e. The lowest BCUT2D eigenvalue weighted by atomic mass is 10.1. The third kappa shape index (κ3) is 3.72. The molecule has 168 valence electrons. The van der Waals surface area contributed by atoms with Gasteiger partial charge in [-0.1, -0.05) is 48.7 Å². The van der Waals surface area contributed by atoms with Crippen LogP contribution in [0.2, 0.25) is 5.02 Å². The molecule has 1 aromatic heterocycles. The summed E-state index contributed by atoms with van der Waals surface area (Å²) in [4.78, 5) is 0. The first kappa shape index (κ1) is 21.5. The highest BCUT2D eigenvalue weighted by Gasteiger charge is 2.40. The Bertz CT molecular complexity index is 1230. The van der Waals surface area contributed by atoms with Crippen molar-refractivity contribution in [2.75, 3.05) is 6.61 Å². The number of aromatic nitrogens is 2. The summed E-state index contributed by atoms with van der Waals surface area (Å²) in [6.45, 7) is 3.13. The molecule has 1 saturated carbocycles. The van der Waals surface area contributed by atoms with Crippen LogP contribution in [-0.4, -0.2) is 34.4 Å². The highest BCUT2D eigenvalue weighted by atomic mass is 35.5. The quantitative estimate of drug-likeness (QED) is 0.497. The topological polar surface area (TPSA) is 64.4 Å². The van der Waals surface area contributed by atoms with Crippen LogP contribution in [-0.2, 0) is 23.1 Å². The molecule has 8 heteroatoms. The van der Waals surface area contributed by atoms with E-state index in [1.165, 1.54) is 0 Å². The molecule has 3 aromatic rings. The van der Waals surface area contributed by atoms with E-state index in [1.54, 1.807) is 4.31 Å². The fourth-order valence-electron chi connectivity index (χ4n) is 4.75. The van der Waals surface area contributed by atoms with E-state index in [0.717, 1.165) is 59.6 Å². The van der Waals surface area contributed by atoms with E-state index in [2.05, 4.69) is 0 Å². The molecule has 0 bridgehead atoms. The van der Waals surface area contributed by atoms with Gasteiger partial charge in [-0.25, -0.2) is 13.1 Å². The van der Waals surface area contributed by atoms with E-state index < -0.39 is 10.0 Å². The number of benzene rings is 2. The summed E-state index contributed by atoms with van der Waals surface area (Å²) in [7, 11) is -3.34. The van der Waals surface area contributed by atoms with Crippen LogP contribution < -0.4 is 4.74 Å². The van der Waals surface area contributed by atoms with Gasteiger partial charge >= 0.3 is 0 Å². The van der Waals surface area contributed by atoms with Crippen molar-refractivity contribution >= 4 is 21.6 Å². The molecule has 2 aliphatic rings. The van der Waals surface area contributed by atoms with Crippen LogP contribution in [0, 0.1) is 0 Å². The van der Waals surface area contributed by atoms with E-state index in [9.17, 15) is 8.42 Å². The van der Waals surface area contributed by atoms with Crippen molar-refractivity contribution in [2.24, 2.45) is 0 Å². The highest BCUT2D eigenvalue weighted by molar-refractivity contribution is 7.89. The molecule has 5 rings (SSSR count). The first-order chi connectivity index (χ1) is 15.5. The molecule has 0 N–H and O–H groups in total. The molecule has 0 radical (unpaired) electrons. The van der Waals surface area contributed by atoms with Gasteiger partial charge in [0.1, 0.15) is 11.4 Å². The maximum Gasteiger partial charge on any atom is 0.217 e. The van der Waals surface area contributed by atoms with E-state index in [0.29, 0.717) is 24.7 Å². The van der Waals surface area contributed by atoms with E-state index >= 15 is 0 Å². The van der Waals surface area contributed by atoms with Gasteiger partial charge in [-0.2, -0.15) is 9.40 Å². The first-order valence-corrected chi connectivity index (χ1v) is 12.9. The van der Waals surface area contributed by atoms with E-state index in [-0.39, 0.29) is 5.25 Å². The third-order valence-electron chi connectivity index (χ3n) is 6.32. The minimum Gasteiger partial charge on any atom is -0.492 e. The predicted octanol–water partition coefficient (Wildman–Crippen LogP) is 5.18. The molecule has 0 amide bonds. The number of hydrogen-bond acceptors (Lipinski definition) is 4. The van der Waals surface area contributed by atoms with Gasteiger partial charge in [0.25, 0.3) is 0 Å². The van der Waals surface area contributed by atoms with E-state index in [1.807, 2.05) is 60.1 Å². The minimum absolute atomic E-state index is 0.267. The van der Waals surface area contributed by atoms with Crippen molar-refractivity contribution in [1.29, 1.82) is 0 Å². The molecule has 6 nitrogen and oxygen atoms in total. The maximum absolute atomic E-state index is 13.2. The zero-order valence-electron chi connectivity index (χ0n) is 18.0. The number of halogens is 1. The normalized spacial score (nSPS) is 17.1. The van der Waals surface area contributed by atoms with Crippen LogP contribution in [0.25, 0.3) is 16.9 Å². The molecule has 2 heterocycles. The molecule has 32 heavy (non-hydrogen) atoms. The fraction of sp³-hybridized carbons (Fsp3) is 0.375. The number of ether oxygens (including phenoxy) is 1. The average Bonchev–Trinajstić information content (AvgIpc) is 3.52. The molecule has 0 spiro atoms. The molecule has 0 saturated heterocycles. The number of nitrogens with zero attached hydrogens (tertiary/aromatic N) is 3. The highest BCUT2D eigenvalue weighted by Crippen LogP contribution is 2.39. The van der Waals surface area contributed by atoms with Gasteiger partial charge in [0, 0.05) is 22.7 Å². The SMILES string of the molecule is CCOc1ccccc1-n1nc2c(c1-c1ccc(Cl)cc1)CN(S(=O)(=O)C1CCCC1)C2. The van der Waals surface area contributed by atoms with E-state index in [4.69, 9.17) is 21.4 Å². The van der Waals surface area contributed by atoms with Gasteiger partial charge in [0.15, 0.2) is 0 Å². The predicted molar refractivity (Wildman–Crippen MR) is 126 cm³/mol. The Kier molecular flexibility index (Phi) is 5.73. The van der Waals surface area contributed by atoms with Crippen molar-refractivity contribution in [3.8, 4) is 22.7 Å². The Morgan fingerprint density at radius 1 is 1.06 bits per heavy atom. The number of sulfonamides is 1. The Morgan fingerprint density at radius 3 is 2.50 bits per heavy atom. The molecule has 0 unspecified atom stereocenters. The van der Waals surface area contributed by atoms with Crippen molar-refractivity contribution < 1.29 is 13.2 Å². The number of para-hydroxylation sites is 2. The summed E-state index contributed by atoms with van der Waals surface area (Å²) in [5.41, 5.74) is 4.39. The molecule has 1 aliphatic carbocycles. The van der Waals surface area contributed by atoms with Gasteiger partial charge in [-0.3, -0.25) is 0 Å². The van der Waals surface area contributed by atoms with Crippen molar-refractivity contribution in [2.45, 2.75) is 50.9 Å². The summed E-state index contributed by atoms with van der Waals surface area (Å²) in [5.74, 6) is 0.738. The van der Waals surface area contributed by atoms with Crippen molar-refractivity contribution in [3.63, 3.8) is 0 Å². The van der Waals surface area contributed by atoms with Gasteiger partial charge in [0.05, 0.1) is 29.8 Å². The molecule has 1 fully saturated rings. The molecular formula is C24H26ClN3O3S. The Hall–Kier alpha value is -2.35. The Morgan fingerprint density at radius 2 is 1.78 bits per heavy atom. The molecule has 1 aliphatic heterocycles. The van der Waals surface area contributed by atoms with Gasteiger partial charge < -0.3 is 4.74 Å². The second-order valence-electron chi connectivity index (χ2n) is 8.31. The second-order valence-corrected chi connectivity index (χ2v) is 11.0. The monoisotopic (exact) mass is 471 g/mol. The van der Waals surface area contributed by atoms with Crippen molar-refractivity contribution in [3.05, 3.63) is 64.8 Å². The lowest BCUT2D eigenvalue weighted by Gasteiger charge is -2.21. The number of hydrogen-bond donors (Lipinski definition) is 0. The van der Waals surface area contributed by atoms with Crippen LogP contribution in [0.5, 0.6) is 5.75 Å². The van der Waals surface area contributed by atoms with Crippen LogP contribution in [0.4, 0.5) is 0 Å². The standard InChI is InChI=1S/C24H26ClN3O3S/c1-2-31-23-10-6-5-9-22(23)28-24(17-11-13-18(25)14-12-17)20-15-27(16-21(20)26-28)32(29,30)19-7-3-4-8-19/h5-6,9-14,19H,2-4,7-8,15-16H2,1H3. The smallest absolute Gasteiger partial charge is 0.217 e. The van der Waals surface area contributed by atoms with Crippen LogP contribution in [0.1, 0.15) is 43.9 Å². The van der Waals surface area contributed by atoms with Crippen LogP contribution in [0.3, 0.4) is 0 Å². The fourth-order valence-corrected chi connectivity index (χ4v) is 6.84. The summed E-state index contributed by atoms with van der Waals surface area (Å²) in [6.07, 6.45) is 3.48. The average molecular weight is 472 g/mol. The molecule has 0 atom stereocenters. The zero-order valence-corrected chi connectivity index (χ0v) is 19.6. The Labute approximate surface area is 193 Å². The first-order valence-electron chi connectivity index (χ1n) is 11.1. The maximum atomic E-state index is 13.2. The van der Waals surface area contributed by atoms with Crippen LogP contribution in [0.15, 0.2) is 48.5 Å². The van der Waals surface area contributed by atoms with Gasteiger partial charge in [-0.15, -0.1) is 0 Å². The van der Waals surface area contributed by atoms with Crippen molar-refractivity contribution in [1.82, 2.24) is 14.1 Å². The van der Waals surface area contributed by atoms with Gasteiger partial charge in [0.2, 0.25) is 10.0 Å². The molecule has 2 aromatic carbocycles. The molecular weight excluding hydrogens is 446 g/mol. The summed E-state index contributed by atoms with van der Waals surface area (Å²) < 4.78 is 35.8. The second kappa shape index (κ2) is 8.54. The van der Waals surface area contributed by atoms with Gasteiger partial charge in [-0.05, 0) is 44.0 Å². The third-order valence-corrected chi connectivity index (χ3v) is 8.87. The summed E-state index contributed by atoms with van der Waals surface area (Å²) >= 11 is 6.14. The minimum atomic E-state index is -3.34. The Balaban J connectivity index is 1.61. The zero-order chi connectivity index (χ0) is 22.3. The lowest BCUT2D eigenvalue weighted by Crippen LogP contribution is -2.34. The number of rotatable bonds is 6. The summed E-state index contributed by atoms with van der Waals surface area (Å²) in [5, 5.41) is 5.27. The number of fused-ring (bicyclic) bond motifs is 1. The lowest BCUT2D eigenvalue weighted by molar-refractivity contribution is 0.338. The summed E-state index contributed by atoms with van der Waals surface area (Å²) in [6, 6.07) is 15.4. The van der Waals surface area contributed by atoms with Crippen LogP contribution >= 0.6 is 11.6 Å².